The Morgan fingerprint density at radius 3 is 2.56 bits per heavy atom. The number of hydrogen-bond acceptors (Lipinski definition) is 4. The van der Waals surface area contributed by atoms with Crippen molar-refractivity contribution in [1.82, 2.24) is 9.88 Å². The van der Waals surface area contributed by atoms with E-state index in [0.717, 1.165) is 29.8 Å². The summed E-state index contributed by atoms with van der Waals surface area (Å²) in [5.41, 5.74) is 4.00. The Morgan fingerprint density at radius 1 is 1.15 bits per heavy atom. The summed E-state index contributed by atoms with van der Waals surface area (Å²) in [7, 11) is 0. The van der Waals surface area contributed by atoms with Crippen LogP contribution >= 0.6 is 0 Å². The van der Waals surface area contributed by atoms with Crippen molar-refractivity contribution >= 4 is 17.7 Å². The van der Waals surface area contributed by atoms with Crippen LogP contribution in [0, 0.1) is 20.8 Å². The monoisotopic (exact) mass is 368 g/mol. The minimum Gasteiger partial charge on any atom is -0.456 e. The van der Waals surface area contributed by atoms with Gasteiger partial charge in [-0.25, -0.2) is 0 Å². The second-order valence-corrected chi connectivity index (χ2v) is 7.02. The molecule has 1 fully saturated rings. The van der Waals surface area contributed by atoms with Gasteiger partial charge in [0.25, 0.3) is 5.91 Å². The van der Waals surface area contributed by atoms with Crippen LogP contribution in [-0.4, -0.2) is 35.4 Å². The molecule has 6 heteroatoms. The van der Waals surface area contributed by atoms with Crippen LogP contribution in [-0.2, 0) is 9.53 Å². The Morgan fingerprint density at radius 2 is 1.89 bits per heavy atom. The van der Waals surface area contributed by atoms with Gasteiger partial charge in [-0.15, -0.1) is 0 Å². The fraction of sp³-hybridized carbons (Fsp3) is 0.381. The van der Waals surface area contributed by atoms with Gasteiger partial charge in [-0.05, 0) is 51.8 Å². The fourth-order valence-electron chi connectivity index (χ4n) is 3.27. The normalized spacial score (nSPS) is 13.3. The number of amides is 1. The third-order valence-corrected chi connectivity index (χ3v) is 4.73. The molecule has 0 spiro atoms. The molecule has 2 aromatic rings. The van der Waals surface area contributed by atoms with E-state index in [1.807, 2.05) is 32.9 Å². The lowest BCUT2D eigenvalue weighted by Crippen LogP contribution is -2.31. The van der Waals surface area contributed by atoms with E-state index in [-0.39, 0.29) is 24.8 Å². The van der Waals surface area contributed by atoms with E-state index in [9.17, 15) is 14.4 Å². The van der Waals surface area contributed by atoms with Gasteiger partial charge in [0.1, 0.15) is 6.54 Å². The number of ketones is 1. The van der Waals surface area contributed by atoms with Gasteiger partial charge in [-0.3, -0.25) is 14.4 Å². The molecule has 0 bridgehead atoms. The number of benzene rings is 1. The molecule has 0 radical (unpaired) electrons. The number of aromatic nitrogens is 1. The number of carbonyl (C=O) groups is 3. The summed E-state index contributed by atoms with van der Waals surface area (Å²) in [6.07, 6.45) is 2.28. The highest BCUT2D eigenvalue weighted by atomic mass is 16.5. The minimum absolute atomic E-state index is 0.228. The quantitative estimate of drug-likeness (QED) is 0.602. The molecule has 1 aliphatic carbocycles. The van der Waals surface area contributed by atoms with E-state index >= 15 is 0 Å². The largest absolute Gasteiger partial charge is 0.456 e. The smallest absolute Gasteiger partial charge is 0.325 e. The van der Waals surface area contributed by atoms with Crippen LogP contribution in [0.15, 0.2) is 30.3 Å². The lowest BCUT2D eigenvalue weighted by Gasteiger charge is -2.08. The molecule has 142 valence electrons. The number of hydrogen-bond donors (Lipinski definition) is 1. The fourth-order valence-corrected chi connectivity index (χ4v) is 3.27. The number of rotatable bonds is 7. The molecule has 1 heterocycles. The molecule has 0 aliphatic heterocycles. The maximum Gasteiger partial charge on any atom is 0.325 e. The summed E-state index contributed by atoms with van der Waals surface area (Å²) < 4.78 is 7.21. The third-order valence-electron chi connectivity index (χ3n) is 4.73. The number of Topliss-reactive ketones (excluding diaryl/α,β-unsaturated/α-hetero) is 1. The first-order valence-corrected chi connectivity index (χ1v) is 9.09. The molecular weight excluding hydrogens is 344 g/mol. The average molecular weight is 368 g/mol. The highest BCUT2D eigenvalue weighted by Crippen LogP contribution is 2.38. The van der Waals surface area contributed by atoms with Gasteiger partial charge in [0.05, 0.1) is 0 Å². The molecule has 1 saturated carbocycles. The number of ether oxygens (including phenoxy) is 1. The van der Waals surface area contributed by atoms with Gasteiger partial charge in [-0.1, -0.05) is 17.7 Å². The maximum absolute atomic E-state index is 12.4. The highest BCUT2D eigenvalue weighted by Gasteiger charge is 2.28. The number of aryl methyl sites for hydroxylation is 2. The summed E-state index contributed by atoms with van der Waals surface area (Å²) >= 11 is 0. The van der Waals surface area contributed by atoms with Crippen molar-refractivity contribution in [2.75, 3.05) is 13.2 Å². The van der Waals surface area contributed by atoms with Crippen LogP contribution in [0.4, 0.5) is 0 Å². The summed E-state index contributed by atoms with van der Waals surface area (Å²) in [4.78, 5) is 36.3. The molecule has 1 aliphatic rings. The SMILES string of the molecule is Cc1cccc(C(=O)NCC(=O)OCC(=O)c2cc(C)n(C3CC3)c2C)c1. The molecule has 1 aromatic heterocycles. The Bertz CT molecular complexity index is 894. The van der Waals surface area contributed by atoms with Gasteiger partial charge < -0.3 is 14.6 Å². The minimum atomic E-state index is -0.639. The Labute approximate surface area is 158 Å². The lowest BCUT2D eigenvalue weighted by atomic mass is 10.1. The Balaban J connectivity index is 1.50. The molecule has 3 rings (SSSR count). The number of carbonyl (C=O) groups excluding carboxylic acids is 3. The third kappa shape index (κ3) is 4.45. The van der Waals surface area contributed by atoms with E-state index in [4.69, 9.17) is 4.74 Å². The highest BCUT2D eigenvalue weighted by molar-refractivity contribution is 6.00. The van der Waals surface area contributed by atoms with E-state index in [1.165, 1.54) is 0 Å². The zero-order valence-electron chi connectivity index (χ0n) is 15.9. The van der Waals surface area contributed by atoms with Gasteiger partial charge >= 0.3 is 5.97 Å². The summed E-state index contributed by atoms with van der Waals surface area (Å²) in [5.74, 6) is -1.22. The molecule has 0 atom stereocenters. The van der Waals surface area contributed by atoms with Gasteiger partial charge in [0.2, 0.25) is 5.78 Å². The molecule has 27 heavy (non-hydrogen) atoms. The van der Waals surface area contributed by atoms with E-state index in [0.29, 0.717) is 17.2 Å². The number of nitrogens with zero attached hydrogens (tertiary/aromatic N) is 1. The molecule has 0 unspecified atom stereocenters. The van der Waals surface area contributed by atoms with E-state index < -0.39 is 5.97 Å². The zero-order chi connectivity index (χ0) is 19.6. The van der Waals surface area contributed by atoms with Crippen LogP contribution < -0.4 is 5.32 Å². The topological polar surface area (TPSA) is 77.4 Å². The van der Waals surface area contributed by atoms with Crippen molar-refractivity contribution in [1.29, 1.82) is 0 Å². The van der Waals surface area contributed by atoms with Crippen molar-refractivity contribution in [3.8, 4) is 0 Å². The van der Waals surface area contributed by atoms with Crippen LogP contribution in [0.3, 0.4) is 0 Å². The van der Waals surface area contributed by atoms with Crippen molar-refractivity contribution in [3.63, 3.8) is 0 Å². The predicted octanol–water partition coefficient (Wildman–Crippen LogP) is 2.90. The molecule has 6 nitrogen and oxygen atoms in total. The standard InChI is InChI=1S/C21H24N2O4/c1-13-5-4-6-16(9-13)21(26)22-11-20(25)27-12-19(24)18-10-14(2)23(15(18)3)17-7-8-17/h4-6,9-10,17H,7-8,11-12H2,1-3H3,(H,22,26). The van der Waals surface area contributed by atoms with E-state index in [1.54, 1.807) is 18.2 Å². The summed E-state index contributed by atoms with van der Waals surface area (Å²) in [6, 6.07) is 9.41. The second-order valence-electron chi connectivity index (χ2n) is 7.02. The molecule has 1 N–H and O–H groups in total. The Hall–Kier alpha value is -2.89. The van der Waals surface area contributed by atoms with Gasteiger partial charge in [0, 0.05) is 28.6 Å². The van der Waals surface area contributed by atoms with E-state index in [2.05, 4.69) is 9.88 Å². The first-order chi connectivity index (χ1) is 12.9. The Kier molecular flexibility index (Phi) is 5.44. The van der Waals surface area contributed by atoms with Crippen LogP contribution in [0.1, 0.15) is 56.6 Å². The van der Waals surface area contributed by atoms with Crippen molar-refractivity contribution in [3.05, 3.63) is 58.4 Å². The number of esters is 1. The average Bonchev–Trinajstić information content (AvgIpc) is 3.42. The van der Waals surface area contributed by atoms with Crippen molar-refractivity contribution in [2.45, 2.75) is 39.7 Å². The lowest BCUT2D eigenvalue weighted by molar-refractivity contribution is -0.141. The predicted molar refractivity (Wildman–Crippen MR) is 101 cm³/mol. The molecule has 1 amide bonds. The van der Waals surface area contributed by atoms with Crippen LogP contribution in [0.25, 0.3) is 0 Å². The van der Waals surface area contributed by atoms with Crippen LogP contribution in [0.2, 0.25) is 0 Å². The first kappa shape index (κ1) is 18.9. The van der Waals surface area contributed by atoms with Crippen molar-refractivity contribution < 1.29 is 19.1 Å². The first-order valence-electron chi connectivity index (χ1n) is 9.09. The number of nitrogens with one attached hydrogen (secondary N) is 1. The molecule has 0 saturated heterocycles. The van der Waals surface area contributed by atoms with Gasteiger partial charge in [-0.2, -0.15) is 0 Å². The zero-order valence-corrected chi connectivity index (χ0v) is 15.9. The van der Waals surface area contributed by atoms with Gasteiger partial charge in [0.15, 0.2) is 6.61 Å². The van der Waals surface area contributed by atoms with Crippen molar-refractivity contribution in [2.24, 2.45) is 0 Å². The summed E-state index contributed by atoms with van der Waals surface area (Å²) in [6.45, 7) is 5.18. The second kappa shape index (κ2) is 7.78. The maximum atomic E-state index is 12.4. The molecular formula is C21H24N2O4. The van der Waals surface area contributed by atoms with Crippen LogP contribution in [0.5, 0.6) is 0 Å². The molecule has 1 aromatic carbocycles. The summed E-state index contributed by atoms with van der Waals surface area (Å²) in [5, 5.41) is 2.51.